The minimum Gasteiger partial charge on any atom is -0.373 e. The summed E-state index contributed by atoms with van der Waals surface area (Å²) in [6, 6.07) is 0.835. The molecule has 1 N–H and O–H groups in total. The number of hydrogen-bond donors (Lipinski definition) is 1. The summed E-state index contributed by atoms with van der Waals surface area (Å²) in [6.45, 7) is 11.6. The second-order valence-corrected chi connectivity index (χ2v) is 8.31. The Balaban J connectivity index is 1.62. The maximum absolute atomic E-state index is 5.91. The predicted octanol–water partition coefficient (Wildman–Crippen LogP) is 3.04. The van der Waals surface area contributed by atoms with Gasteiger partial charge in [-0.25, -0.2) is 0 Å². The van der Waals surface area contributed by atoms with E-state index in [1.807, 2.05) is 0 Å². The molecule has 1 saturated heterocycles. The molecule has 2 aliphatic carbocycles. The van der Waals surface area contributed by atoms with Gasteiger partial charge in [0, 0.05) is 32.2 Å². The molecule has 3 rings (SSSR count). The van der Waals surface area contributed by atoms with E-state index >= 15 is 0 Å². The van der Waals surface area contributed by atoms with Crippen LogP contribution in [0, 0.1) is 11.3 Å². The molecule has 1 aliphatic heterocycles. The van der Waals surface area contributed by atoms with Gasteiger partial charge in [0.25, 0.3) is 0 Å². The topological polar surface area (TPSA) is 24.5 Å². The summed E-state index contributed by atoms with van der Waals surface area (Å²) in [6.07, 6.45) is 9.26. The maximum atomic E-state index is 5.91. The Morgan fingerprint density at radius 2 is 1.81 bits per heavy atom. The zero-order valence-corrected chi connectivity index (χ0v) is 14.2. The van der Waals surface area contributed by atoms with E-state index in [4.69, 9.17) is 4.74 Å². The van der Waals surface area contributed by atoms with Gasteiger partial charge in [0.1, 0.15) is 0 Å². The van der Waals surface area contributed by atoms with Crippen LogP contribution in [0.2, 0.25) is 0 Å². The van der Waals surface area contributed by atoms with Gasteiger partial charge in [0.2, 0.25) is 0 Å². The van der Waals surface area contributed by atoms with Gasteiger partial charge < -0.3 is 10.1 Å². The lowest BCUT2D eigenvalue weighted by atomic mass is 9.69. The van der Waals surface area contributed by atoms with Gasteiger partial charge in [-0.2, -0.15) is 0 Å². The Bertz CT molecular complexity index is 334. The zero-order chi connectivity index (χ0) is 14.9. The third-order valence-electron chi connectivity index (χ3n) is 5.58. The molecule has 0 radical (unpaired) electrons. The number of rotatable bonds is 5. The second kappa shape index (κ2) is 6.55. The van der Waals surface area contributed by atoms with Gasteiger partial charge in [-0.1, -0.05) is 19.8 Å². The highest BCUT2D eigenvalue weighted by Gasteiger charge is 2.39. The Morgan fingerprint density at radius 3 is 2.43 bits per heavy atom. The molecule has 0 aromatic carbocycles. The molecule has 0 aromatic heterocycles. The van der Waals surface area contributed by atoms with Crippen LogP contribution in [0.1, 0.15) is 59.3 Å². The monoisotopic (exact) mass is 294 g/mol. The average molecular weight is 294 g/mol. The first kappa shape index (κ1) is 15.8. The van der Waals surface area contributed by atoms with Crippen LogP contribution in [-0.2, 0) is 4.74 Å². The van der Waals surface area contributed by atoms with Crippen molar-refractivity contribution in [3.63, 3.8) is 0 Å². The molecule has 0 spiro atoms. The van der Waals surface area contributed by atoms with Crippen molar-refractivity contribution >= 4 is 0 Å². The summed E-state index contributed by atoms with van der Waals surface area (Å²) in [4.78, 5) is 2.69. The van der Waals surface area contributed by atoms with E-state index in [9.17, 15) is 0 Å². The fraction of sp³-hybridized carbons (Fsp3) is 1.00. The molecule has 21 heavy (non-hydrogen) atoms. The Labute approximate surface area is 130 Å². The molecular weight excluding hydrogens is 260 g/mol. The van der Waals surface area contributed by atoms with Gasteiger partial charge in [0.15, 0.2) is 0 Å². The van der Waals surface area contributed by atoms with E-state index < -0.39 is 0 Å². The minimum absolute atomic E-state index is 0.392. The summed E-state index contributed by atoms with van der Waals surface area (Å²) < 4.78 is 5.91. The molecule has 0 bridgehead atoms. The summed E-state index contributed by atoms with van der Waals surface area (Å²) >= 11 is 0. The van der Waals surface area contributed by atoms with Crippen molar-refractivity contribution in [1.29, 1.82) is 0 Å². The highest BCUT2D eigenvalue weighted by atomic mass is 16.5. The maximum Gasteiger partial charge on any atom is 0.0678 e. The van der Waals surface area contributed by atoms with Crippen LogP contribution < -0.4 is 5.32 Å². The van der Waals surface area contributed by atoms with Crippen molar-refractivity contribution in [3.8, 4) is 0 Å². The van der Waals surface area contributed by atoms with E-state index in [-0.39, 0.29) is 0 Å². The molecule has 3 fully saturated rings. The fourth-order valence-corrected chi connectivity index (χ4v) is 4.67. The van der Waals surface area contributed by atoms with Crippen LogP contribution in [0.25, 0.3) is 0 Å². The quantitative estimate of drug-likeness (QED) is 0.843. The molecule has 3 heteroatoms. The Kier molecular flexibility index (Phi) is 4.92. The average Bonchev–Trinajstić information content (AvgIpc) is 3.19. The summed E-state index contributed by atoms with van der Waals surface area (Å²) in [7, 11) is 0. The predicted molar refractivity (Wildman–Crippen MR) is 87.5 cm³/mol. The highest BCUT2D eigenvalue weighted by Crippen LogP contribution is 2.40. The van der Waals surface area contributed by atoms with Crippen molar-refractivity contribution in [2.75, 3.05) is 26.2 Å². The number of ether oxygens (including phenoxy) is 1. The molecule has 122 valence electrons. The van der Waals surface area contributed by atoms with E-state index in [2.05, 4.69) is 31.0 Å². The van der Waals surface area contributed by atoms with Crippen LogP contribution >= 0.6 is 0 Å². The Hall–Kier alpha value is -0.120. The highest BCUT2D eigenvalue weighted by molar-refractivity contribution is 4.93. The van der Waals surface area contributed by atoms with E-state index in [1.165, 1.54) is 51.6 Å². The molecule has 0 amide bonds. The van der Waals surface area contributed by atoms with Crippen LogP contribution in [0.5, 0.6) is 0 Å². The second-order valence-electron chi connectivity index (χ2n) is 8.31. The van der Waals surface area contributed by atoms with Crippen molar-refractivity contribution < 1.29 is 4.74 Å². The third-order valence-corrected chi connectivity index (χ3v) is 5.58. The standard InChI is InChI=1S/C18H34N2O/c1-14-5-4-8-18(9-14,12-19-17-6-7-17)13-20-10-15(2)21-16(3)11-20/h14-17,19H,4-13H2,1-3H3/t14?,15-,16+,18?. The lowest BCUT2D eigenvalue weighted by molar-refractivity contribution is -0.0817. The van der Waals surface area contributed by atoms with Gasteiger partial charge in [-0.05, 0) is 50.9 Å². The van der Waals surface area contributed by atoms with Crippen LogP contribution in [0.4, 0.5) is 0 Å². The number of morpholine rings is 1. The third kappa shape index (κ3) is 4.43. The molecule has 2 saturated carbocycles. The first-order valence-electron chi connectivity index (χ1n) is 9.16. The molecule has 3 aliphatic rings. The number of nitrogens with zero attached hydrogens (tertiary/aromatic N) is 1. The Morgan fingerprint density at radius 1 is 1.10 bits per heavy atom. The van der Waals surface area contributed by atoms with Gasteiger partial charge in [0.05, 0.1) is 12.2 Å². The van der Waals surface area contributed by atoms with Crippen molar-refractivity contribution in [2.45, 2.75) is 77.5 Å². The van der Waals surface area contributed by atoms with Crippen molar-refractivity contribution in [1.82, 2.24) is 10.2 Å². The summed E-state index contributed by atoms with van der Waals surface area (Å²) in [5, 5.41) is 3.84. The van der Waals surface area contributed by atoms with Gasteiger partial charge >= 0.3 is 0 Å². The molecule has 4 atom stereocenters. The molecule has 0 aromatic rings. The van der Waals surface area contributed by atoms with E-state index in [0.717, 1.165) is 25.0 Å². The van der Waals surface area contributed by atoms with Gasteiger partial charge in [-0.3, -0.25) is 4.90 Å². The number of nitrogens with one attached hydrogen (secondary N) is 1. The van der Waals surface area contributed by atoms with Gasteiger partial charge in [-0.15, -0.1) is 0 Å². The molecule has 3 nitrogen and oxygen atoms in total. The molecule has 2 unspecified atom stereocenters. The van der Waals surface area contributed by atoms with E-state index in [0.29, 0.717) is 17.6 Å². The van der Waals surface area contributed by atoms with Crippen LogP contribution in [0.3, 0.4) is 0 Å². The first-order valence-corrected chi connectivity index (χ1v) is 9.16. The normalized spacial score (nSPS) is 42.1. The first-order chi connectivity index (χ1) is 10.0. The van der Waals surface area contributed by atoms with Crippen LogP contribution in [0.15, 0.2) is 0 Å². The minimum atomic E-state index is 0.392. The molecular formula is C18H34N2O. The smallest absolute Gasteiger partial charge is 0.0678 e. The number of hydrogen-bond acceptors (Lipinski definition) is 3. The van der Waals surface area contributed by atoms with Crippen molar-refractivity contribution in [3.05, 3.63) is 0 Å². The van der Waals surface area contributed by atoms with Crippen LogP contribution in [-0.4, -0.2) is 49.3 Å². The molecule has 1 heterocycles. The van der Waals surface area contributed by atoms with Crippen molar-refractivity contribution in [2.24, 2.45) is 11.3 Å². The summed E-state index contributed by atoms with van der Waals surface area (Å²) in [5.41, 5.74) is 0.511. The SMILES string of the molecule is CC1CCCC(CNC2CC2)(CN2C[C@@H](C)O[C@@H](C)C2)C1. The largest absolute Gasteiger partial charge is 0.373 e. The zero-order valence-electron chi connectivity index (χ0n) is 14.2. The lowest BCUT2D eigenvalue weighted by Gasteiger charge is -2.46. The fourth-order valence-electron chi connectivity index (χ4n) is 4.67. The summed E-state index contributed by atoms with van der Waals surface area (Å²) in [5.74, 6) is 0.899. The lowest BCUT2D eigenvalue weighted by Crippen LogP contribution is -2.53. The van der Waals surface area contributed by atoms with E-state index in [1.54, 1.807) is 0 Å².